The van der Waals surface area contributed by atoms with Crippen LogP contribution in [0.4, 0.5) is 0 Å². The van der Waals surface area contributed by atoms with E-state index >= 15 is 0 Å². The van der Waals surface area contributed by atoms with Crippen LogP contribution in [0.3, 0.4) is 0 Å². The number of nitrogens with zero attached hydrogens (tertiary/aromatic N) is 2. The number of hydrogen-bond donors (Lipinski definition) is 1. The molecule has 1 unspecified atom stereocenters. The maximum Gasteiger partial charge on any atom is 0.0200 e. The topological polar surface area (TPSA) is 18.5 Å². The molecule has 0 aromatic carbocycles. The quantitative estimate of drug-likeness (QED) is 0.603. The second kappa shape index (κ2) is 2.98. The van der Waals surface area contributed by atoms with Crippen LogP contribution in [-0.2, 0) is 0 Å². The molecule has 0 radical (unpaired) electrons. The highest BCUT2D eigenvalue weighted by atomic mass is 15.5. The van der Waals surface area contributed by atoms with Gasteiger partial charge < -0.3 is 4.90 Å². The molecule has 2 saturated heterocycles. The summed E-state index contributed by atoms with van der Waals surface area (Å²) in [6.07, 6.45) is 2.76. The predicted molar refractivity (Wildman–Crippen MR) is 49.8 cm³/mol. The molecule has 1 atom stereocenters. The molecule has 0 aliphatic carbocycles. The number of hydrogen-bond acceptors (Lipinski definition) is 3. The smallest absolute Gasteiger partial charge is 0.0200 e. The van der Waals surface area contributed by atoms with E-state index in [2.05, 4.69) is 22.4 Å². The number of hydrazine groups is 1. The summed E-state index contributed by atoms with van der Waals surface area (Å²) in [5, 5.41) is 2.35. The first-order chi connectivity index (χ1) is 5.74. The highest BCUT2D eigenvalue weighted by molar-refractivity contribution is 4.95. The summed E-state index contributed by atoms with van der Waals surface area (Å²) < 4.78 is 0. The first-order valence-electron chi connectivity index (χ1n) is 4.85. The first-order valence-corrected chi connectivity index (χ1v) is 4.85. The summed E-state index contributed by atoms with van der Waals surface area (Å²) in [5.41, 5.74) is 3.87. The lowest BCUT2D eigenvalue weighted by Gasteiger charge is -2.23. The van der Waals surface area contributed by atoms with Crippen molar-refractivity contribution in [1.82, 2.24) is 15.3 Å². The van der Waals surface area contributed by atoms with Gasteiger partial charge in [0, 0.05) is 19.6 Å². The average Bonchev–Trinajstić information content (AvgIpc) is 2.61. The molecule has 0 saturated carbocycles. The molecule has 0 aromatic rings. The largest absolute Gasteiger partial charge is 0.306 e. The standard InChI is InChI=1S/C9H19N3/c1-10-12-6-4-9(8-12)3-5-11(2)7-9/h10H,3-8H2,1-2H3. The van der Waals surface area contributed by atoms with Gasteiger partial charge in [0.25, 0.3) is 0 Å². The van der Waals surface area contributed by atoms with E-state index in [0.717, 1.165) is 0 Å². The van der Waals surface area contributed by atoms with Gasteiger partial charge in [0.15, 0.2) is 0 Å². The minimum absolute atomic E-state index is 0.623. The van der Waals surface area contributed by atoms with Crippen LogP contribution in [0, 0.1) is 5.41 Å². The van der Waals surface area contributed by atoms with E-state index in [1.165, 1.54) is 39.0 Å². The Morgan fingerprint density at radius 1 is 1.17 bits per heavy atom. The second-order valence-electron chi connectivity index (χ2n) is 4.38. The molecule has 2 aliphatic rings. The summed E-state index contributed by atoms with van der Waals surface area (Å²) in [5.74, 6) is 0. The lowest BCUT2D eigenvalue weighted by atomic mass is 9.87. The lowest BCUT2D eigenvalue weighted by molar-refractivity contribution is 0.213. The third-order valence-electron chi connectivity index (χ3n) is 3.38. The van der Waals surface area contributed by atoms with Gasteiger partial charge in [-0.3, -0.25) is 5.43 Å². The molecule has 0 aromatic heterocycles. The Bertz CT molecular complexity index is 171. The Balaban J connectivity index is 1.97. The zero-order valence-electron chi connectivity index (χ0n) is 8.14. The monoisotopic (exact) mass is 169 g/mol. The van der Waals surface area contributed by atoms with E-state index < -0.39 is 0 Å². The van der Waals surface area contributed by atoms with E-state index in [0.29, 0.717) is 5.41 Å². The molecule has 1 spiro atoms. The molecule has 2 rings (SSSR count). The van der Waals surface area contributed by atoms with Crippen molar-refractivity contribution in [2.45, 2.75) is 12.8 Å². The van der Waals surface area contributed by atoms with Crippen LogP contribution in [0.5, 0.6) is 0 Å². The van der Waals surface area contributed by atoms with Crippen LogP contribution in [0.2, 0.25) is 0 Å². The molecule has 2 fully saturated rings. The van der Waals surface area contributed by atoms with Gasteiger partial charge in [0.1, 0.15) is 0 Å². The Labute approximate surface area is 74.7 Å². The highest BCUT2D eigenvalue weighted by Crippen LogP contribution is 2.37. The van der Waals surface area contributed by atoms with Crippen LogP contribution >= 0.6 is 0 Å². The van der Waals surface area contributed by atoms with Crippen molar-refractivity contribution in [3.8, 4) is 0 Å². The number of rotatable bonds is 1. The van der Waals surface area contributed by atoms with Gasteiger partial charge >= 0.3 is 0 Å². The fraction of sp³-hybridized carbons (Fsp3) is 1.00. The summed E-state index contributed by atoms with van der Waals surface area (Å²) in [7, 11) is 4.26. The van der Waals surface area contributed by atoms with Gasteiger partial charge in [-0.2, -0.15) is 0 Å². The van der Waals surface area contributed by atoms with Gasteiger partial charge in [-0.25, -0.2) is 5.01 Å². The van der Waals surface area contributed by atoms with Crippen molar-refractivity contribution in [2.24, 2.45) is 5.41 Å². The molecule has 0 amide bonds. The lowest BCUT2D eigenvalue weighted by Crippen LogP contribution is -2.36. The fourth-order valence-corrected chi connectivity index (χ4v) is 2.62. The summed E-state index contributed by atoms with van der Waals surface area (Å²) in [6, 6.07) is 0. The molecule has 0 bridgehead atoms. The second-order valence-corrected chi connectivity index (χ2v) is 4.38. The van der Waals surface area contributed by atoms with Crippen LogP contribution in [0.15, 0.2) is 0 Å². The van der Waals surface area contributed by atoms with Crippen molar-refractivity contribution in [3.63, 3.8) is 0 Å². The molecular formula is C9H19N3. The molecule has 3 nitrogen and oxygen atoms in total. The van der Waals surface area contributed by atoms with Crippen LogP contribution in [0.1, 0.15) is 12.8 Å². The van der Waals surface area contributed by atoms with E-state index in [1.54, 1.807) is 0 Å². The van der Waals surface area contributed by atoms with Gasteiger partial charge in [0.2, 0.25) is 0 Å². The Hall–Kier alpha value is -0.120. The van der Waals surface area contributed by atoms with E-state index in [1.807, 2.05) is 7.05 Å². The molecule has 70 valence electrons. The average molecular weight is 169 g/mol. The fourth-order valence-electron chi connectivity index (χ4n) is 2.62. The number of nitrogens with one attached hydrogen (secondary N) is 1. The minimum atomic E-state index is 0.623. The third kappa shape index (κ3) is 1.37. The Morgan fingerprint density at radius 2 is 1.92 bits per heavy atom. The first kappa shape index (κ1) is 8.48. The van der Waals surface area contributed by atoms with Gasteiger partial charge in [-0.15, -0.1) is 0 Å². The third-order valence-corrected chi connectivity index (χ3v) is 3.38. The van der Waals surface area contributed by atoms with Crippen molar-refractivity contribution in [2.75, 3.05) is 40.3 Å². The van der Waals surface area contributed by atoms with Crippen molar-refractivity contribution >= 4 is 0 Å². The van der Waals surface area contributed by atoms with Gasteiger partial charge in [-0.05, 0) is 38.9 Å². The zero-order valence-corrected chi connectivity index (χ0v) is 8.14. The molecule has 2 aliphatic heterocycles. The van der Waals surface area contributed by atoms with Gasteiger partial charge in [0.05, 0.1) is 0 Å². The molecule has 1 N–H and O–H groups in total. The Kier molecular flexibility index (Phi) is 2.10. The summed E-state index contributed by atoms with van der Waals surface area (Å²) >= 11 is 0. The number of likely N-dealkylation sites (tertiary alicyclic amines) is 1. The molecular weight excluding hydrogens is 150 g/mol. The van der Waals surface area contributed by atoms with Gasteiger partial charge in [-0.1, -0.05) is 0 Å². The van der Waals surface area contributed by atoms with Crippen molar-refractivity contribution in [3.05, 3.63) is 0 Å². The van der Waals surface area contributed by atoms with E-state index in [9.17, 15) is 0 Å². The van der Waals surface area contributed by atoms with Crippen molar-refractivity contribution in [1.29, 1.82) is 0 Å². The van der Waals surface area contributed by atoms with Crippen LogP contribution in [0.25, 0.3) is 0 Å². The predicted octanol–water partition coefficient (Wildman–Crippen LogP) is 0.148. The van der Waals surface area contributed by atoms with Crippen LogP contribution < -0.4 is 5.43 Å². The molecule has 3 heteroatoms. The zero-order chi connectivity index (χ0) is 8.60. The van der Waals surface area contributed by atoms with Crippen LogP contribution in [-0.4, -0.2) is 50.2 Å². The maximum absolute atomic E-state index is 3.24. The summed E-state index contributed by atoms with van der Waals surface area (Å²) in [4.78, 5) is 2.46. The van der Waals surface area contributed by atoms with Crippen molar-refractivity contribution < 1.29 is 0 Å². The molecule has 12 heavy (non-hydrogen) atoms. The molecule has 2 heterocycles. The maximum atomic E-state index is 3.24. The highest BCUT2D eigenvalue weighted by Gasteiger charge is 2.41. The SMILES string of the molecule is CNN1CCC2(CCN(C)C2)C1. The van der Waals surface area contributed by atoms with E-state index in [4.69, 9.17) is 0 Å². The Morgan fingerprint density at radius 3 is 2.42 bits per heavy atom. The normalized spacial score (nSPS) is 38.5. The van der Waals surface area contributed by atoms with E-state index in [-0.39, 0.29) is 0 Å². The minimum Gasteiger partial charge on any atom is -0.306 e. The summed E-state index contributed by atoms with van der Waals surface area (Å²) in [6.45, 7) is 5.06.